The molecule has 1 aliphatic heterocycles. The van der Waals surface area contributed by atoms with Gasteiger partial charge in [-0.2, -0.15) is 0 Å². The van der Waals surface area contributed by atoms with Crippen LogP contribution in [0, 0.1) is 12.8 Å². The first kappa shape index (κ1) is 17.3. The SMILES string of the molecule is COc1ccccc1N1CC(C(=O)Oc2cc(C)ccc2Cl)CC1=O. The van der Waals surface area contributed by atoms with Gasteiger partial charge >= 0.3 is 5.97 Å². The fourth-order valence-electron chi connectivity index (χ4n) is 2.83. The summed E-state index contributed by atoms with van der Waals surface area (Å²) in [6, 6.07) is 12.4. The molecular formula is C19H18ClNO4. The number of nitrogens with zero attached hydrogens (tertiary/aromatic N) is 1. The number of para-hydroxylation sites is 2. The van der Waals surface area contributed by atoms with E-state index < -0.39 is 11.9 Å². The van der Waals surface area contributed by atoms with E-state index in [4.69, 9.17) is 21.1 Å². The summed E-state index contributed by atoms with van der Waals surface area (Å²) in [7, 11) is 1.55. The lowest BCUT2D eigenvalue weighted by atomic mass is 10.1. The van der Waals surface area contributed by atoms with Crippen molar-refractivity contribution < 1.29 is 19.1 Å². The molecule has 0 N–H and O–H groups in total. The molecule has 1 atom stereocenters. The van der Waals surface area contributed by atoms with Crippen LogP contribution in [-0.4, -0.2) is 25.5 Å². The van der Waals surface area contributed by atoms with Gasteiger partial charge in [0.25, 0.3) is 0 Å². The Hall–Kier alpha value is -2.53. The summed E-state index contributed by atoms with van der Waals surface area (Å²) in [6.45, 7) is 2.14. The minimum atomic E-state index is -0.547. The number of amides is 1. The van der Waals surface area contributed by atoms with E-state index in [-0.39, 0.29) is 18.9 Å². The van der Waals surface area contributed by atoms with Crippen LogP contribution in [0.5, 0.6) is 11.5 Å². The number of halogens is 1. The molecule has 1 heterocycles. The normalized spacial score (nSPS) is 16.8. The number of ether oxygens (including phenoxy) is 2. The van der Waals surface area contributed by atoms with Gasteiger partial charge in [0, 0.05) is 13.0 Å². The van der Waals surface area contributed by atoms with Gasteiger partial charge in [-0.25, -0.2) is 0 Å². The Labute approximate surface area is 151 Å². The summed E-state index contributed by atoms with van der Waals surface area (Å²) < 4.78 is 10.7. The molecule has 6 heteroatoms. The number of hydrogen-bond donors (Lipinski definition) is 0. The van der Waals surface area contributed by atoms with E-state index in [1.807, 2.05) is 25.1 Å². The molecule has 0 saturated carbocycles. The van der Waals surface area contributed by atoms with Crippen molar-refractivity contribution in [2.45, 2.75) is 13.3 Å². The summed E-state index contributed by atoms with van der Waals surface area (Å²) in [6.07, 6.45) is 0.0975. The van der Waals surface area contributed by atoms with E-state index in [2.05, 4.69) is 0 Å². The van der Waals surface area contributed by atoms with E-state index in [9.17, 15) is 9.59 Å². The molecule has 25 heavy (non-hydrogen) atoms. The second-order valence-corrected chi connectivity index (χ2v) is 6.34. The van der Waals surface area contributed by atoms with Crippen LogP contribution in [0.2, 0.25) is 5.02 Å². The highest BCUT2D eigenvalue weighted by Crippen LogP contribution is 2.34. The van der Waals surface area contributed by atoms with Crippen LogP contribution in [0.15, 0.2) is 42.5 Å². The Morgan fingerprint density at radius 3 is 2.72 bits per heavy atom. The Bertz CT molecular complexity index is 821. The van der Waals surface area contributed by atoms with Crippen LogP contribution in [0.4, 0.5) is 5.69 Å². The first-order valence-corrected chi connectivity index (χ1v) is 8.28. The van der Waals surface area contributed by atoms with Crippen molar-refractivity contribution >= 4 is 29.2 Å². The van der Waals surface area contributed by atoms with Crippen LogP contribution in [0.1, 0.15) is 12.0 Å². The number of carbonyl (C=O) groups is 2. The summed E-state index contributed by atoms with van der Waals surface area (Å²) >= 11 is 6.07. The average molecular weight is 360 g/mol. The maximum atomic E-state index is 12.5. The van der Waals surface area contributed by atoms with Gasteiger partial charge < -0.3 is 14.4 Å². The number of methoxy groups -OCH3 is 1. The van der Waals surface area contributed by atoms with E-state index in [1.54, 1.807) is 36.3 Å². The highest BCUT2D eigenvalue weighted by molar-refractivity contribution is 6.32. The van der Waals surface area contributed by atoms with Gasteiger partial charge in [-0.3, -0.25) is 9.59 Å². The third-order valence-electron chi connectivity index (χ3n) is 4.13. The standard InChI is InChI=1S/C19H18ClNO4/c1-12-7-8-14(20)17(9-12)25-19(23)13-10-18(22)21(11-13)15-5-3-4-6-16(15)24-2/h3-9,13H,10-11H2,1-2H3. The number of aryl methyl sites for hydroxylation is 1. The maximum absolute atomic E-state index is 12.5. The van der Waals surface area contributed by atoms with Crippen molar-refractivity contribution in [3.8, 4) is 11.5 Å². The van der Waals surface area contributed by atoms with Crippen LogP contribution < -0.4 is 14.4 Å². The molecule has 0 aliphatic carbocycles. The third kappa shape index (κ3) is 3.61. The largest absolute Gasteiger partial charge is 0.495 e. The van der Waals surface area contributed by atoms with Gasteiger partial charge in [0.2, 0.25) is 5.91 Å². The summed E-state index contributed by atoms with van der Waals surface area (Å²) in [4.78, 5) is 26.4. The van der Waals surface area contributed by atoms with Gasteiger partial charge in [-0.15, -0.1) is 0 Å². The van der Waals surface area contributed by atoms with Crippen LogP contribution in [0.25, 0.3) is 0 Å². The van der Waals surface area contributed by atoms with E-state index in [0.29, 0.717) is 22.2 Å². The monoisotopic (exact) mass is 359 g/mol. The van der Waals surface area contributed by atoms with Crippen molar-refractivity contribution in [2.24, 2.45) is 5.92 Å². The summed E-state index contributed by atoms with van der Waals surface area (Å²) in [5.74, 6) is -0.240. The number of benzene rings is 2. The molecule has 0 bridgehead atoms. The molecule has 1 fully saturated rings. The average Bonchev–Trinajstić information content (AvgIpc) is 3.00. The molecule has 0 radical (unpaired) electrons. The summed E-state index contributed by atoms with van der Waals surface area (Å²) in [5.41, 5.74) is 1.59. The molecule has 1 amide bonds. The number of carbonyl (C=O) groups excluding carboxylic acids is 2. The Morgan fingerprint density at radius 2 is 1.96 bits per heavy atom. The Kier molecular flexibility index (Phi) is 4.95. The topological polar surface area (TPSA) is 55.8 Å². The molecular weight excluding hydrogens is 342 g/mol. The molecule has 1 aliphatic rings. The zero-order valence-electron chi connectivity index (χ0n) is 14.0. The molecule has 5 nitrogen and oxygen atoms in total. The number of rotatable bonds is 4. The number of esters is 1. The first-order valence-electron chi connectivity index (χ1n) is 7.91. The molecule has 2 aromatic rings. The Morgan fingerprint density at radius 1 is 1.20 bits per heavy atom. The van der Waals surface area contributed by atoms with E-state index in [1.165, 1.54) is 0 Å². The lowest BCUT2D eigenvalue weighted by Crippen LogP contribution is -2.27. The van der Waals surface area contributed by atoms with Crippen LogP contribution in [0.3, 0.4) is 0 Å². The molecule has 1 unspecified atom stereocenters. The van der Waals surface area contributed by atoms with Crippen molar-refractivity contribution in [1.82, 2.24) is 0 Å². The van der Waals surface area contributed by atoms with Gasteiger partial charge in [0.05, 0.1) is 23.7 Å². The van der Waals surface area contributed by atoms with Crippen molar-refractivity contribution in [3.05, 3.63) is 53.1 Å². The molecule has 130 valence electrons. The number of anilines is 1. The predicted molar refractivity (Wildman–Crippen MR) is 95.3 cm³/mol. The fraction of sp³-hybridized carbons (Fsp3) is 0.263. The van der Waals surface area contributed by atoms with Crippen molar-refractivity contribution in [1.29, 1.82) is 0 Å². The van der Waals surface area contributed by atoms with Crippen LogP contribution >= 0.6 is 11.6 Å². The minimum absolute atomic E-state index is 0.0975. The van der Waals surface area contributed by atoms with Gasteiger partial charge in [-0.05, 0) is 36.8 Å². The predicted octanol–water partition coefficient (Wildman–Crippen LogP) is 3.62. The Balaban J connectivity index is 1.76. The van der Waals surface area contributed by atoms with Gasteiger partial charge in [-0.1, -0.05) is 29.8 Å². The highest BCUT2D eigenvalue weighted by atomic mass is 35.5. The lowest BCUT2D eigenvalue weighted by molar-refractivity contribution is -0.139. The second-order valence-electron chi connectivity index (χ2n) is 5.93. The highest BCUT2D eigenvalue weighted by Gasteiger charge is 2.37. The van der Waals surface area contributed by atoms with Crippen molar-refractivity contribution in [3.63, 3.8) is 0 Å². The van der Waals surface area contributed by atoms with E-state index >= 15 is 0 Å². The zero-order chi connectivity index (χ0) is 18.0. The molecule has 2 aromatic carbocycles. The van der Waals surface area contributed by atoms with Crippen LogP contribution in [-0.2, 0) is 9.59 Å². The number of hydrogen-bond acceptors (Lipinski definition) is 4. The smallest absolute Gasteiger partial charge is 0.316 e. The van der Waals surface area contributed by atoms with Gasteiger partial charge in [0.1, 0.15) is 11.5 Å². The third-order valence-corrected chi connectivity index (χ3v) is 4.44. The fourth-order valence-corrected chi connectivity index (χ4v) is 2.99. The minimum Gasteiger partial charge on any atom is -0.495 e. The zero-order valence-corrected chi connectivity index (χ0v) is 14.7. The van der Waals surface area contributed by atoms with Gasteiger partial charge in [0.15, 0.2) is 0 Å². The molecule has 0 spiro atoms. The molecule has 3 rings (SSSR count). The van der Waals surface area contributed by atoms with E-state index in [0.717, 1.165) is 5.56 Å². The molecule has 0 aromatic heterocycles. The summed E-state index contributed by atoms with van der Waals surface area (Å²) in [5, 5.41) is 0.366. The second kappa shape index (κ2) is 7.15. The van der Waals surface area contributed by atoms with Crippen molar-refractivity contribution in [2.75, 3.05) is 18.6 Å². The quantitative estimate of drug-likeness (QED) is 0.618. The lowest BCUT2D eigenvalue weighted by Gasteiger charge is -2.19. The maximum Gasteiger partial charge on any atom is 0.316 e. The first-order chi connectivity index (χ1) is 12.0. The molecule has 1 saturated heterocycles.